The Labute approximate surface area is 182 Å². The Morgan fingerprint density at radius 3 is 1.40 bits per heavy atom. The molecule has 1 aliphatic rings. The minimum absolute atomic E-state index is 0.367. The van der Waals surface area contributed by atoms with Crippen LogP contribution < -0.4 is 0 Å². The molecule has 0 aliphatic carbocycles. The first-order valence-corrected chi connectivity index (χ1v) is 11.2. The van der Waals surface area contributed by atoms with Crippen molar-refractivity contribution in [3.05, 3.63) is 71.8 Å². The molecule has 1 saturated heterocycles. The van der Waals surface area contributed by atoms with Crippen LogP contribution in [0.5, 0.6) is 0 Å². The predicted molar refractivity (Wildman–Crippen MR) is 124 cm³/mol. The lowest BCUT2D eigenvalue weighted by Gasteiger charge is -2.30. The van der Waals surface area contributed by atoms with Gasteiger partial charge < -0.3 is 14.9 Å². The first-order valence-electron chi connectivity index (χ1n) is 11.2. The van der Waals surface area contributed by atoms with Crippen LogP contribution >= 0.6 is 0 Å². The lowest BCUT2D eigenvalue weighted by molar-refractivity contribution is 0.0653. The lowest BCUT2D eigenvalue weighted by atomic mass is 10.2. The van der Waals surface area contributed by atoms with Gasteiger partial charge >= 0.3 is 0 Å². The predicted octanol–water partition coefficient (Wildman–Crippen LogP) is 2.23. The van der Waals surface area contributed by atoms with Crippen LogP contribution in [0.3, 0.4) is 0 Å². The van der Waals surface area contributed by atoms with Crippen LogP contribution in [-0.2, 0) is 13.1 Å². The molecule has 5 nitrogen and oxygen atoms in total. The summed E-state index contributed by atoms with van der Waals surface area (Å²) in [7, 11) is 4.40. The third kappa shape index (κ3) is 8.17. The van der Waals surface area contributed by atoms with Crippen molar-refractivity contribution < 1.29 is 5.11 Å². The first-order chi connectivity index (χ1) is 14.6. The van der Waals surface area contributed by atoms with Crippen LogP contribution in [0, 0.1) is 0 Å². The smallest absolute Gasteiger partial charge is 0.0794 e. The Hall–Kier alpha value is -1.76. The van der Waals surface area contributed by atoms with Crippen molar-refractivity contribution in [2.24, 2.45) is 0 Å². The summed E-state index contributed by atoms with van der Waals surface area (Å²) in [5, 5.41) is 11.0. The van der Waals surface area contributed by atoms with Crippen LogP contribution in [0.2, 0.25) is 0 Å². The summed E-state index contributed by atoms with van der Waals surface area (Å²) in [6.07, 6.45) is -0.367. The average molecular weight is 411 g/mol. The second kappa shape index (κ2) is 12.2. The number of likely N-dealkylation sites (N-methyl/N-ethyl adjacent to an activating group) is 2. The Morgan fingerprint density at radius 2 is 1.00 bits per heavy atom. The maximum absolute atomic E-state index is 11.0. The van der Waals surface area contributed by atoms with E-state index in [0.29, 0.717) is 13.1 Å². The second-order valence-electron chi connectivity index (χ2n) is 8.70. The zero-order valence-electron chi connectivity index (χ0n) is 18.7. The zero-order valence-corrected chi connectivity index (χ0v) is 18.7. The van der Waals surface area contributed by atoms with Gasteiger partial charge in [0.05, 0.1) is 6.10 Å². The number of hydrogen-bond donors (Lipinski definition) is 1. The monoisotopic (exact) mass is 410 g/mol. The molecule has 0 atom stereocenters. The first kappa shape index (κ1) is 22.9. The summed E-state index contributed by atoms with van der Waals surface area (Å²) in [5.41, 5.74) is 2.61. The largest absolute Gasteiger partial charge is 0.390 e. The van der Waals surface area contributed by atoms with Gasteiger partial charge in [-0.2, -0.15) is 0 Å². The summed E-state index contributed by atoms with van der Waals surface area (Å²) in [6, 6.07) is 21.2. The van der Waals surface area contributed by atoms with Gasteiger partial charge in [-0.3, -0.25) is 9.80 Å². The highest BCUT2D eigenvalue weighted by atomic mass is 16.3. The molecule has 1 heterocycles. The molecule has 2 aromatic rings. The molecule has 3 rings (SSSR count). The number of aliphatic hydroxyl groups is 1. The quantitative estimate of drug-likeness (QED) is 0.836. The molecule has 1 aliphatic heterocycles. The van der Waals surface area contributed by atoms with Crippen molar-refractivity contribution in [1.82, 2.24) is 19.6 Å². The summed E-state index contributed by atoms with van der Waals surface area (Å²) < 4.78 is 0. The number of aliphatic hydroxyl groups excluding tert-OH is 1. The minimum atomic E-state index is -0.367. The van der Waals surface area contributed by atoms with E-state index in [1.807, 2.05) is 0 Å². The topological polar surface area (TPSA) is 33.2 Å². The highest BCUT2D eigenvalue weighted by Crippen LogP contribution is 2.09. The highest BCUT2D eigenvalue weighted by Gasteiger charge is 2.18. The molecule has 1 N–H and O–H groups in total. The average Bonchev–Trinajstić information content (AvgIpc) is 2.76. The van der Waals surface area contributed by atoms with Crippen molar-refractivity contribution in [2.45, 2.75) is 19.2 Å². The minimum Gasteiger partial charge on any atom is -0.390 e. The number of benzene rings is 2. The summed E-state index contributed by atoms with van der Waals surface area (Å²) in [4.78, 5) is 9.61. The molecule has 0 spiro atoms. The van der Waals surface area contributed by atoms with Gasteiger partial charge in [0.1, 0.15) is 0 Å². The Balaban J connectivity index is 1.69. The van der Waals surface area contributed by atoms with E-state index >= 15 is 0 Å². The molecule has 0 radical (unpaired) electrons. The molecule has 164 valence electrons. The van der Waals surface area contributed by atoms with Gasteiger partial charge in [0.25, 0.3) is 0 Å². The van der Waals surface area contributed by atoms with E-state index < -0.39 is 0 Å². The number of nitrogens with zero attached hydrogens (tertiary/aromatic N) is 4. The standard InChI is InChI=1S/C25H38N4O/c1-26-13-14-27(2)16-18-29(20-24-11-7-4-8-12-24)22-25(30)21-28(17-15-26)19-23-9-5-3-6-10-23/h3-12,25,30H,13-22H2,1-2H3. The van der Waals surface area contributed by atoms with E-state index in [1.165, 1.54) is 11.1 Å². The van der Waals surface area contributed by atoms with Gasteiger partial charge in [-0.1, -0.05) is 60.7 Å². The fourth-order valence-electron chi connectivity index (χ4n) is 4.00. The van der Waals surface area contributed by atoms with E-state index in [1.54, 1.807) is 0 Å². The van der Waals surface area contributed by atoms with E-state index in [0.717, 1.165) is 52.4 Å². The highest BCUT2D eigenvalue weighted by molar-refractivity contribution is 5.15. The van der Waals surface area contributed by atoms with Crippen molar-refractivity contribution in [3.63, 3.8) is 0 Å². The Bertz CT molecular complexity index is 650. The zero-order chi connectivity index (χ0) is 21.2. The lowest BCUT2D eigenvalue weighted by Crippen LogP contribution is -2.42. The van der Waals surface area contributed by atoms with Gasteiger partial charge in [-0.15, -0.1) is 0 Å². The number of rotatable bonds is 4. The van der Waals surface area contributed by atoms with Crippen molar-refractivity contribution in [3.8, 4) is 0 Å². The number of β-amino-alcohol motifs (C(OH)–C–C–N with tert-alkyl or cyclic N) is 1. The van der Waals surface area contributed by atoms with E-state index in [-0.39, 0.29) is 6.10 Å². The fourth-order valence-corrected chi connectivity index (χ4v) is 4.00. The third-order valence-corrected chi connectivity index (χ3v) is 5.90. The molecule has 1 fully saturated rings. The SMILES string of the molecule is CN1CCN(C)CCN(Cc2ccccc2)CC(O)CN(Cc2ccccc2)CC1. The van der Waals surface area contributed by atoms with Crippen LogP contribution in [-0.4, -0.2) is 97.3 Å². The van der Waals surface area contributed by atoms with Gasteiger partial charge in [-0.25, -0.2) is 0 Å². The van der Waals surface area contributed by atoms with E-state index in [9.17, 15) is 5.11 Å². The van der Waals surface area contributed by atoms with Gasteiger partial charge in [0.2, 0.25) is 0 Å². The second-order valence-corrected chi connectivity index (χ2v) is 8.70. The maximum atomic E-state index is 11.0. The molecule has 5 heteroatoms. The van der Waals surface area contributed by atoms with E-state index in [2.05, 4.69) is 94.4 Å². The fraction of sp³-hybridized carbons (Fsp3) is 0.520. The Kier molecular flexibility index (Phi) is 9.30. The van der Waals surface area contributed by atoms with Crippen molar-refractivity contribution in [2.75, 3.05) is 66.5 Å². The summed E-state index contributed by atoms with van der Waals surface area (Å²) in [6.45, 7) is 9.24. The van der Waals surface area contributed by atoms with E-state index in [4.69, 9.17) is 0 Å². The molecule has 0 amide bonds. The maximum Gasteiger partial charge on any atom is 0.0794 e. The Morgan fingerprint density at radius 1 is 0.633 bits per heavy atom. The van der Waals surface area contributed by atoms with Gasteiger partial charge in [-0.05, 0) is 25.2 Å². The van der Waals surface area contributed by atoms with Crippen LogP contribution in [0.15, 0.2) is 60.7 Å². The van der Waals surface area contributed by atoms with Crippen molar-refractivity contribution in [1.29, 1.82) is 0 Å². The summed E-state index contributed by atoms with van der Waals surface area (Å²) >= 11 is 0. The van der Waals surface area contributed by atoms with Crippen molar-refractivity contribution >= 4 is 0 Å². The van der Waals surface area contributed by atoms with Crippen LogP contribution in [0.1, 0.15) is 11.1 Å². The number of hydrogen-bond acceptors (Lipinski definition) is 5. The van der Waals surface area contributed by atoms with Gasteiger partial charge in [0, 0.05) is 65.4 Å². The molecule has 0 bridgehead atoms. The molecule has 2 aromatic carbocycles. The normalized spacial score (nSPS) is 20.4. The molecular formula is C25H38N4O. The van der Waals surface area contributed by atoms with Crippen LogP contribution in [0.4, 0.5) is 0 Å². The molecule has 30 heavy (non-hydrogen) atoms. The molecule has 0 aromatic heterocycles. The third-order valence-electron chi connectivity index (χ3n) is 5.90. The molecule has 0 unspecified atom stereocenters. The molecule has 0 saturated carbocycles. The van der Waals surface area contributed by atoms with Crippen LogP contribution in [0.25, 0.3) is 0 Å². The molecular weight excluding hydrogens is 372 g/mol. The van der Waals surface area contributed by atoms with Gasteiger partial charge in [0.15, 0.2) is 0 Å². The summed E-state index contributed by atoms with van der Waals surface area (Å²) in [5.74, 6) is 0.